The molecule has 3 N–H and O–H groups in total. The van der Waals surface area contributed by atoms with Crippen LogP contribution >= 0.6 is 11.6 Å². The van der Waals surface area contributed by atoms with Gasteiger partial charge in [-0.05, 0) is 23.8 Å². The maximum atomic E-state index is 13.2. The monoisotopic (exact) mass is 450 g/mol. The third kappa shape index (κ3) is 5.80. The first-order valence-corrected chi connectivity index (χ1v) is 10.2. The van der Waals surface area contributed by atoms with Crippen molar-refractivity contribution in [1.82, 2.24) is 10.2 Å². The Kier molecular flexibility index (Phi) is 7.61. The van der Waals surface area contributed by atoms with Crippen LogP contribution in [0.4, 0.5) is 4.39 Å². The van der Waals surface area contributed by atoms with E-state index >= 15 is 0 Å². The van der Waals surface area contributed by atoms with Crippen LogP contribution in [0, 0.1) is 5.82 Å². The van der Waals surface area contributed by atoms with Gasteiger partial charge in [-0.25, -0.2) is 4.39 Å². The number of halogens is 2. The Labute approximate surface area is 184 Å². The van der Waals surface area contributed by atoms with Gasteiger partial charge in [0.05, 0.1) is 17.5 Å². The minimum atomic E-state index is -1.27. The van der Waals surface area contributed by atoms with E-state index in [1.54, 1.807) is 7.05 Å². The fourth-order valence-electron chi connectivity index (χ4n) is 3.37. The highest BCUT2D eigenvalue weighted by molar-refractivity contribution is 6.31. The van der Waals surface area contributed by atoms with Crippen LogP contribution in [0.5, 0.6) is 0 Å². The van der Waals surface area contributed by atoms with Crippen LogP contribution in [0.2, 0.25) is 5.02 Å². The standard InChI is InChI=1S/C22H24ClFN2O5/c1-26(12-13-5-3-2-4-6-13)19(27)10-17-20(28)21(29)18(31-17)11-25-22(30)14-7-8-16(24)15(23)9-14/h2-9,17-18,20-21,28-29H,10-12H2,1H3,(H,25,30)/t17-,18-,20+,21-/m1/s1. The SMILES string of the molecule is CN(Cc1ccccc1)C(=O)C[C@H]1O[C@H](CNC(=O)c2ccc(F)c(Cl)c2)[C@@H](O)[C@H]1O. The highest BCUT2D eigenvalue weighted by Crippen LogP contribution is 2.24. The maximum absolute atomic E-state index is 13.2. The first-order valence-electron chi connectivity index (χ1n) is 9.79. The average molecular weight is 451 g/mol. The van der Waals surface area contributed by atoms with Crippen molar-refractivity contribution in [2.75, 3.05) is 13.6 Å². The number of carbonyl (C=O) groups excluding carboxylic acids is 2. The fraction of sp³-hybridized carbons (Fsp3) is 0.364. The molecule has 0 aromatic heterocycles. The second kappa shape index (κ2) is 10.2. The normalized spacial score (nSPS) is 22.9. The van der Waals surface area contributed by atoms with E-state index in [-0.39, 0.29) is 29.5 Å². The van der Waals surface area contributed by atoms with E-state index in [0.29, 0.717) is 6.54 Å². The molecule has 0 bridgehead atoms. The van der Waals surface area contributed by atoms with Crippen molar-refractivity contribution >= 4 is 23.4 Å². The zero-order valence-corrected chi connectivity index (χ0v) is 17.6. The lowest BCUT2D eigenvalue weighted by molar-refractivity contribution is -0.134. The van der Waals surface area contributed by atoms with Crippen LogP contribution in [-0.4, -0.2) is 64.9 Å². The second-order valence-corrected chi connectivity index (χ2v) is 7.88. The summed E-state index contributed by atoms with van der Waals surface area (Å²) < 4.78 is 18.9. The number of carbonyl (C=O) groups is 2. The molecule has 2 aromatic rings. The fourth-order valence-corrected chi connectivity index (χ4v) is 3.55. The van der Waals surface area contributed by atoms with Crippen molar-refractivity contribution in [3.63, 3.8) is 0 Å². The van der Waals surface area contributed by atoms with Crippen LogP contribution < -0.4 is 5.32 Å². The summed E-state index contributed by atoms with van der Waals surface area (Å²) in [6.07, 6.45) is -4.44. The molecule has 0 unspecified atom stereocenters. The quantitative estimate of drug-likeness (QED) is 0.597. The molecule has 3 rings (SSSR count). The van der Waals surface area contributed by atoms with Crippen LogP contribution in [0.25, 0.3) is 0 Å². The Hall–Kier alpha value is -2.52. The molecule has 9 heteroatoms. The average Bonchev–Trinajstić information content (AvgIpc) is 3.02. The molecular formula is C22H24ClFN2O5. The lowest BCUT2D eigenvalue weighted by Gasteiger charge is -2.21. The van der Waals surface area contributed by atoms with Gasteiger partial charge in [-0.3, -0.25) is 9.59 Å². The van der Waals surface area contributed by atoms with E-state index in [1.165, 1.54) is 17.0 Å². The molecular weight excluding hydrogens is 427 g/mol. The van der Waals surface area contributed by atoms with Gasteiger partial charge in [-0.1, -0.05) is 41.9 Å². The molecule has 31 heavy (non-hydrogen) atoms. The lowest BCUT2D eigenvalue weighted by Crippen LogP contribution is -2.40. The molecule has 1 aliphatic heterocycles. The Morgan fingerprint density at radius 1 is 1.13 bits per heavy atom. The predicted octanol–water partition coefficient (Wildman–Crippen LogP) is 1.75. The molecule has 0 radical (unpaired) electrons. The summed E-state index contributed by atoms with van der Waals surface area (Å²) in [5, 5.41) is 22.9. The summed E-state index contributed by atoms with van der Waals surface area (Å²) in [5.41, 5.74) is 1.11. The van der Waals surface area contributed by atoms with Crippen LogP contribution in [0.3, 0.4) is 0 Å². The van der Waals surface area contributed by atoms with Gasteiger partial charge in [-0.15, -0.1) is 0 Å². The molecule has 0 spiro atoms. The number of aliphatic hydroxyl groups is 2. The third-order valence-electron chi connectivity index (χ3n) is 5.17. The van der Waals surface area contributed by atoms with E-state index < -0.39 is 36.1 Å². The predicted molar refractivity (Wildman–Crippen MR) is 112 cm³/mol. The van der Waals surface area contributed by atoms with E-state index in [0.717, 1.165) is 11.6 Å². The second-order valence-electron chi connectivity index (χ2n) is 7.47. The van der Waals surface area contributed by atoms with Crippen molar-refractivity contribution in [2.45, 2.75) is 37.4 Å². The largest absolute Gasteiger partial charge is 0.388 e. The molecule has 7 nitrogen and oxygen atoms in total. The van der Waals surface area contributed by atoms with Crippen molar-refractivity contribution in [1.29, 1.82) is 0 Å². The third-order valence-corrected chi connectivity index (χ3v) is 5.46. The van der Waals surface area contributed by atoms with Crippen molar-refractivity contribution in [3.8, 4) is 0 Å². The van der Waals surface area contributed by atoms with Gasteiger partial charge in [0.1, 0.15) is 24.1 Å². The van der Waals surface area contributed by atoms with E-state index in [9.17, 15) is 24.2 Å². The molecule has 1 saturated heterocycles. The van der Waals surface area contributed by atoms with E-state index in [2.05, 4.69) is 5.32 Å². The topological polar surface area (TPSA) is 99.1 Å². The maximum Gasteiger partial charge on any atom is 0.251 e. The van der Waals surface area contributed by atoms with Crippen molar-refractivity contribution in [2.24, 2.45) is 0 Å². The summed E-state index contributed by atoms with van der Waals surface area (Å²) in [7, 11) is 1.65. The summed E-state index contributed by atoms with van der Waals surface area (Å²) in [4.78, 5) is 26.3. The molecule has 2 amide bonds. The molecule has 2 aromatic carbocycles. The van der Waals surface area contributed by atoms with E-state index in [1.807, 2.05) is 30.3 Å². The number of benzene rings is 2. The minimum Gasteiger partial charge on any atom is -0.388 e. The van der Waals surface area contributed by atoms with Gasteiger partial charge in [0.15, 0.2) is 0 Å². The Bertz CT molecular complexity index is 929. The Morgan fingerprint density at radius 3 is 2.48 bits per heavy atom. The molecule has 0 saturated carbocycles. The molecule has 1 fully saturated rings. The van der Waals surface area contributed by atoms with Crippen LogP contribution in [-0.2, 0) is 16.1 Å². The summed E-state index contributed by atoms with van der Waals surface area (Å²) in [5.74, 6) is -1.42. The number of hydrogen-bond acceptors (Lipinski definition) is 5. The number of amides is 2. The summed E-state index contributed by atoms with van der Waals surface area (Å²) in [6, 6.07) is 13.0. The number of aliphatic hydroxyl groups excluding tert-OH is 2. The van der Waals surface area contributed by atoms with Crippen LogP contribution in [0.15, 0.2) is 48.5 Å². The highest BCUT2D eigenvalue weighted by Gasteiger charge is 2.43. The highest BCUT2D eigenvalue weighted by atomic mass is 35.5. The Morgan fingerprint density at radius 2 is 1.81 bits per heavy atom. The zero-order valence-electron chi connectivity index (χ0n) is 16.9. The number of nitrogens with zero attached hydrogens (tertiary/aromatic N) is 1. The zero-order chi connectivity index (χ0) is 22.5. The summed E-state index contributed by atoms with van der Waals surface area (Å²) >= 11 is 5.68. The van der Waals surface area contributed by atoms with Gasteiger partial charge in [0.2, 0.25) is 5.91 Å². The molecule has 1 aliphatic rings. The first kappa shape index (κ1) is 23.1. The van der Waals surface area contributed by atoms with Gasteiger partial charge in [0, 0.05) is 25.7 Å². The van der Waals surface area contributed by atoms with Crippen molar-refractivity contribution in [3.05, 3.63) is 70.5 Å². The molecule has 1 heterocycles. The lowest BCUT2D eigenvalue weighted by atomic mass is 10.0. The van der Waals surface area contributed by atoms with Crippen molar-refractivity contribution < 1.29 is 28.9 Å². The smallest absolute Gasteiger partial charge is 0.251 e. The number of nitrogens with one attached hydrogen (secondary N) is 1. The summed E-state index contributed by atoms with van der Waals surface area (Å²) in [6.45, 7) is 0.307. The van der Waals surface area contributed by atoms with Gasteiger partial charge in [0.25, 0.3) is 5.91 Å². The minimum absolute atomic E-state index is 0.101. The number of hydrogen-bond donors (Lipinski definition) is 3. The number of rotatable bonds is 7. The molecule has 0 aliphatic carbocycles. The van der Waals surface area contributed by atoms with E-state index in [4.69, 9.17) is 16.3 Å². The molecule has 4 atom stereocenters. The van der Waals surface area contributed by atoms with Gasteiger partial charge < -0.3 is 25.2 Å². The Balaban J connectivity index is 1.52. The van der Waals surface area contributed by atoms with Gasteiger partial charge in [-0.2, -0.15) is 0 Å². The first-order chi connectivity index (χ1) is 14.8. The van der Waals surface area contributed by atoms with Gasteiger partial charge >= 0.3 is 0 Å². The van der Waals surface area contributed by atoms with Crippen LogP contribution in [0.1, 0.15) is 22.3 Å². The molecule has 166 valence electrons. The number of ether oxygens (including phenoxy) is 1.